The summed E-state index contributed by atoms with van der Waals surface area (Å²) in [5.74, 6) is -0.842. The molecule has 0 saturated carbocycles. The third kappa shape index (κ3) is 4.57. The molecule has 0 aliphatic heterocycles. The van der Waals surface area contributed by atoms with Crippen LogP contribution >= 0.6 is 10.7 Å². The molecular weight excluding hydrogens is 297 g/mol. The predicted molar refractivity (Wildman–Crippen MR) is 56.8 cm³/mol. The molecule has 0 bridgehead atoms. The van der Waals surface area contributed by atoms with Crippen LogP contribution < -0.4 is 5.32 Å². The van der Waals surface area contributed by atoms with Crippen molar-refractivity contribution >= 4 is 25.6 Å². The molecule has 0 unspecified atom stereocenters. The first-order chi connectivity index (χ1) is 8.09. The van der Waals surface area contributed by atoms with Gasteiger partial charge in [0.05, 0.1) is 6.42 Å². The molecule has 18 heavy (non-hydrogen) atoms. The van der Waals surface area contributed by atoms with E-state index in [-0.39, 0.29) is 10.6 Å². The van der Waals surface area contributed by atoms with Gasteiger partial charge >= 0.3 is 6.18 Å². The van der Waals surface area contributed by atoms with Crippen LogP contribution in [0.1, 0.15) is 16.9 Å². The van der Waals surface area contributed by atoms with E-state index in [0.717, 1.165) is 12.3 Å². The fourth-order valence-corrected chi connectivity index (χ4v) is 1.78. The second-order valence-corrected chi connectivity index (χ2v) is 5.87. The molecule has 1 heterocycles. The summed E-state index contributed by atoms with van der Waals surface area (Å²) < 4.78 is 57.2. The van der Waals surface area contributed by atoms with Crippen molar-refractivity contribution in [3.05, 3.63) is 18.0 Å². The van der Waals surface area contributed by atoms with Gasteiger partial charge in [0.2, 0.25) is 0 Å². The lowest BCUT2D eigenvalue weighted by Gasteiger charge is -2.06. The Bertz CT molecular complexity index is 538. The van der Waals surface area contributed by atoms with Crippen molar-refractivity contribution in [2.75, 3.05) is 6.54 Å². The fraction of sp³-hybridized carbons (Fsp3) is 0.375. The minimum atomic E-state index is -4.37. The molecule has 0 aliphatic rings. The summed E-state index contributed by atoms with van der Waals surface area (Å²) in [5.41, 5.74) is -0.184. The number of aromatic nitrogens is 1. The molecule has 0 saturated heterocycles. The summed E-state index contributed by atoms with van der Waals surface area (Å²) in [4.78, 5) is 13.3. The van der Waals surface area contributed by atoms with E-state index in [9.17, 15) is 26.4 Å². The van der Waals surface area contributed by atoms with Gasteiger partial charge in [-0.25, -0.2) is 8.42 Å². The zero-order chi connectivity index (χ0) is 14.0. The van der Waals surface area contributed by atoms with Gasteiger partial charge in [-0.3, -0.25) is 4.79 Å². The van der Waals surface area contributed by atoms with Crippen molar-refractivity contribution in [3.63, 3.8) is 0 Å². The molecule has 0 aliphatic carbocycles. The highest BCUT2D eigenvalue weighted by Gasteiger charge is 2.26. The van der Waals surface area contributed by atoms with E-state index in [2.05, 4.69) is 4.98 Å². The normalized spacial score (nSPS) is 12.4. The standard InChI is InChI=1S/C8H8ClF3N2O3S/c9-18(16,17)5-3-6(14-4-5)7(15)13-2-1-8(10,11)12/h3-4,14H,1-2H2,(H,13,15). The van der Waals surface area contributed by atoms with E-state index in [0.29, 0.717) is 0 Å². The van der Waals surface area contributed by atoms with E-state index in [1.165, 1.54) is 0 Å². The molecule has 0 atom stereocenters. The monoisotopic (exact) mass is 304 g/mol. The Morgan fingerprint density at radius 2 is 2.06 bits per heavy atom. The fourth-order valence-electron chi connectivity index (χ4n) is 1.06. The van der Waals surface area contributed by atoms with Crippen LogP contribution in [0.5, 0.6) is 0 Å². The van der Waals surface area contributed by atoms with E-state index in [1.54, 1.807) is 0 Å². The van der Waals surface area contributed by atoms with Gasteiger partial charge in [-0.15, -0.1) is 0 Å². The molecule has 1 aromatic rings. The molecule has 2 N–H and O–H groups in total. The average Bonchev–Trinajstić information content (AvgIpc) is 2.62. The minimum Gasteiger partial charge on any atom is -0.356 e. The van der Waals surface area contributed by atoms with Gasteiger partial charge in [-0.2, -0.15) is 13.2 Å². The van der Waals surface area contributed by atoms with Gasteiger partial charge in [0.1, 0.15) is 10.6 Å². The Morgan fingerprint density at radius 3 is 2.50 bits per heavy atom. The molecule has 0 aromatic carbocycles. The molecule has 102 valence electrons. The largest absolute Gasteiger partial charge is 0.390 e. The lowest BCUT2D eigenvalue weighted by atomic mass is 10.3. The Hall–Kier alpha value is -1.22. The van der Waals surface area contributed by atoms with Crippen molar-refractivity contribution in [1.29, 1.82) is 0 Å². The zero-order valence-electron chi connectivity index (χ0n) is 8.71. The SMILES string of the molecule is O=C(NCCC(F)(F)F)c1cc(S(=O)(=O)Cl)c[nH]1. The smallest absolute Gasteiger partial charge is 0.356 e. The Morgan fingerprint density at radius 1 is 1.44 bits per heavy atom. The average molecular weight is 305 g/mol. The number of carbonyl (C=O) groups is 1. The topological polar surface area (TPSA) is 79.0 Å². The molecule has 1 aromatic heterocycles. The number of H-pyrrole nitrogens is 1. The van der Waals surface area contributed by atoms with Gasteiger partial charge in [-0.1, -0.05) is 0 Å². The highest BCUT2D eigenvalue weighted by molar-refractivity contribution is 8.13. The van der Waals surface area contributed by atoms with E-state index >= 15 is 0 Å². The van der Waals surface area contributed by atoms with Gasteiger partial charge in [-0.05, 0) is 6.07 Å². The van der Waals surface area contributed by atoms with Crippen molar-refractivity contribution in [2.45, 2.75) is 17.5 Å². The molecular formula is C8H8ClF3N2O3S. The molecule has 0 radical (unpaired) electrons. The number of aromatic amines is 1. The van der Waals surface area contributed by atoms with Gasteiger partial charge in [0.15, 0.2) is 0 Å². The number of hydrogen-bond donors (Lipinski definition) is 2. The number of amides is 1. The summed E-state index contributed by atoms with van der Waals surface area (Å²) >= 11 is 0. The third-order valence-electron chi connectivity index (χ3n) is 1.88. The van der Waals surface area contributed by atoms with E-state index < -0.39 is 34.1 Å². The maximum Gasteiger partial charge on any atom is 0.390 e. The number of nitrogens with one attached hydrogen (secondary N) is 2. The first kappa shape index (κ1) is 14.8. The Kier molecular flexibility index (Phi) is 4.28. The van der Waals surface area contributed by atoms with Crippen LogP contribution in [0, 0.1) is 0 Å². The number of hydrogen-bond acceptors (Lipinski definition) is 3. The van der Waals surface area contributed by atoms with Crippen LogP contribution in [0.4, 0.5) is 13.2 Å². The maximum atomic E-state index is 11.8. The maximum absolute atomic E-state index is 11.8. The summed E-state index contributed by atoms with van der Waals surface area (Å²) in [6.07, 6.45) is -4.56. The summed E-state index contributed by atoms with van der Waals surface area (Å²) in [5, 5.41) is 1.99. The van der Waals surface area contributed by atoms with Crippen molar-refractivity contribution < 1.29 is 26.4 Å². The van der Waals surface area contributed by atoms with Crippen LogP contribution in [-0.4, -0.2) is 32.0 Å². The van der Waals surface area contributed by atoms with Crippen LogP contribution in [0.15, 0.2) is 17.2 Å². The van der Waals surface area contributed by atoms with Crippen molar-refractivity contribution in [2.24, 2.45) is 0 Å². The number of carbonyl (C=O) groups excluding carboxylic acids is 1. The molecule has 1 amide bonds. The first-order valence-electron chi connectivity index (χ1n) is 4.57. The Labute approximate surface area is 105 Å². The lowest BCUT2D eigenvalue weighted by Crippen LogP contribution is -2.28. The van der Waals surface area contributed by atoms with Gasteiger partial charge in [0.25, 0.3) is 15.0 Å². The molecule has 0 spiro atoms. The van der Waals surface area contributed by atoms with Crippen LogP contribution in [0.3, 0.4) is 0 Å². The van der Waals surface area contributed by atoms with Crippen LogP contribution in [0.25, 0.3) is 0 Å². The zero-order valence-corrected chi connectivity index (χ0v) is 10.3. The summed E-state index contributed by atoms with van der Waals surface area (Å²) in [6.45, 7) is -0.593. The highest BCUT2D eigenvalue weighted by atomic mass is 35.7. The third-order valence-corrected chi connectivity index (χ3v) is 3.21. The van der Waals surface area contributed by atoms with Crippen LogP contribution in [0.2, 0.25) is 0 Å². The van der Waals surface area contributed by atoms with Crippen molar-refractivity contribution in [1.82, 2.24) is 10.3 Å². The number of alkyl halides is 3. The van der Waals surface area contributed by atoms with E-state index in [4.69, 9.17) is 10.7 Å². The molecule has 1 rings (SSSR count). The quantitative estimate of drug-likeness (QED) is 0.830. The highest BCUT2D eigenvalue weighted by Crippen LogP contribution is 2.18. The molecule has 10 heteroatoms. The summed E-state index contributed by atoms with van der Waals surface area (Å²) in [6, 6.07) is 0.936. The molecule has 5 nitrogen and oxygen atoms in total. The lowest BCUT2D eigenvalue weighted by molar-refractivity contribution is -0.132. The minimum absolute atomic E-state index is 0.184. The van der Waals surface area contributed by atoms with Gasteiger partial charge < -0.3 is 10.3 Å². The van der Waals surface area contributed by atoms with Crippen molar-refractivity contribution in [3.8, 4) is 0 Å². The second-order valence-electron chi connectivity index (χ2n) is 3.31. The Balaban J connectivity index is 2.61. The first-order valence-corrected chi connectivity index (χ1v) is 6.88. The predicted octanol–water partition coefficient (Wildman–Crippen LogP) is 1.62. The second kappa shape index (κ2) is 5.19. The van der Waals surface area contributed by atoms with E-state index in [1.807, 2.05) is 5.32 Å². The molecule has 0 fully saturated rings. The number of halogens is 4. The van der Waals surface area contributed by atoms with Gasteiger partial charge in [0, 0.05) is 23.4 Å². The van der Waals surface area contributed by atoms with Crippen LogP contribution in [-0.2, 0) is 9.05 Å². The summed E-state index contributed by atoms with van der Waals surface area (Å²) in [7, 11) is 1.03. The number of rotatable bonds is 4.